The van der Waals surface area contributed by atoms with Gasteiger partial charge in [0.05, 0.1) is 4.90 Å². The van der Waals surface area contributed by atoms with Crippen molar-refractivity contribution in [2.75, 3.05) is 18.4 Å². The number of hydrogen-bond donors (Lipinski definition) is 1. The molecule has 0 saturated heterocycles. The molecule has 0 radical (unpaired) electrons. The number of fused-ring (bicyclic) bond motifs is 1. The van der Waals surface area contributed by atoms with Crippen LogP contribution in [0.15, 0.2) is 82.2 Å². The molecule has 1 N–H and O–H groups in total. The highest BCUT2D eigenvalue weighted by Gasteiger charge is 2.19. The van der Waals surface area contributed by atoms with Gasteiger partial charge in [-0.2, -0.15) is 0 Å². The third-order valence-corrected chi connectivity index (χ3v) is 7.43. The smallest absolute Gasteiger partial charge is 0.291 e. The minimum Gasteiger partial charge on any atom is -0.455 e. The Morgan fingerprint density at radius 2 is 1.71 bits per heavy atom. The van der Waals surface area contributed by atoms with Crippen LogP contribution in [-0.4, -0.2) is 42.8 Å². The van der Waals surface area contributed by atoms with E-state index in [1.54, 1.807) is 29.2 Å². The van der Waals surface area contributed by atoms with Crippen molar-refractivity contribution in [3.63, 3.8) is 0 Å². The van der Waals surface area contributed by atoms with Crippen LogP contribution in [0, 0.1) is 0 Å². The normalized spacial score (nSPS) is 11.5. The van der Waals surface area contributed by atoms with Gasteiger partial charge >= 0.3 is 0 Å². The molecule has 0 aliphatic rings. The Bertz CT molecular complexity index is 1450. The molecule has 35 heavy (non-hydrogen) atoms. The summed E-state index contributed by atoms with van der Waals surface area (Å²) < 4.78 is 32.5. The summed E-state index contributed by atoms with van der Waals surface area (Å²) in [6.45, 7) is 5.48. The van der Waals surface area contributed by atoms with E-state index in [1.807, 2.05) is 42.8 Å². The molecule has 2 aromatic heterocycles. The van der Waals surface area contributed by atoms with Crippen LogP contribution in [0.4, 0.5) is 5.69 Å². The number of carbonyl (C=O) groups is 2. The first-order chi connectivity index (χ1) is 16.8. The van der Waals surface area contributed by atoms with Crippen molar-refractivity contribution in [2.45, 2.75) is 31.0 Å². The van der Waals surface area contributed by atoms with Crippen LogP contribution in [0.25, 0.3) is 10.9 Å². The van der Waals surface area contributed by atoms with Gasteiger partial charge in [-0.15, -0.1) is 0 Å². The van der Waals surface area contributed by atoms with Gasteiger partial charge in [0.25, 0.3) is 5.91 Å². The third-order valence-electron chi connectivity index (χ3n) is 5.77. The van der Waals surface area contributed by atoms with Crippen LogP contribution in [0.2, 0.25) is 0 Å². The van der Waals surface area contributed by atoms with Crippen molar-refractivity contribution in [1.82, 2.24) is 9.47 Å². The van der Waals surface area contributed by atoms with E-state index in [0.29, 0.717) is 18.8 Å². The molecule has 2 aromatic carbocycles. The minimum absolute atomic E-state index is 0.0192. The van der Waals surface area contributed by atoms with Gasteiger partial charge < -0.3 is 19.2 Å². The molecule has 9 heteroatoms. The highest BCUT2D eigenvalue weighted by atomic mass is 32.2. The Balaban J connectivity index is 1.44. The highest BCUT2D eigenvalue weighted by Crippen LogP contribution is 2.23. The summed E-state index contributed by atoms with van der Waals surface area (Å²) in [7, 11) is -3.58. The van der Waals surface area contributed by atoms with Gasteiger partial charge in [0, 0.05) is 35.9 Å². The number of benzene rings is 2. The summed E-state index contributed by atoms with van der Waals surface area (Å²) in [6, 6.07) is 18.3. The molecule has 2 amide bonds. The molecule has 0 saturated carbocycles. The van der Waals surface area contributed by atoms with Crippen molar-refractivity contribution in [2.24, 2.45) is 0 Å². The monoisotopic (exact) mass is 493 g/mol. The summed E-state index contributed by atoms with van der Waals surface area (Å²) >= 11 is 0. The van der Waals surface area contributed by atoms with Crippen LogP contribution in [0.5, 0.6) is 0 Å². The molecular formula is C26H27N3O5S. The number of hydrogen-bond acceptors (Lipinski definition) is 5. The van der Waals surface area contributed by atoms with Crippen molar-refractivity contribution in [1.29, 1.82) is 0 Å². The number of rotatable bonds is 9. The zero-order valence-corrected chi connectivity index (χ0v) is 20.4. The third kappa shape index (κ3) is 5.46. The molecule has 0 aliphatic heterocycles. The van der Waals surface area contributed by atoms with Crippen LogP contribution >= 0.6 is 0 Å². The van der Waals surface area contributed by atoms with Gasteiger partial charge in [0.2, 0.25) is 5.91 Å². The Labute approximate surface area is 204 Å². The fourth-order valence-electron chi connectivity index (χ4n) is 3.91. The first kappa shape index (κ1) is 24.3. The lowest BCUT2D eigenvalue weighted by atomic mass is 10.2. The van der Waals surface area contributed by atoms with E-state index >= 15 is 0 Å². The molecule has 2 heterocycles. The molecule has 0 fully saturated rings. The molecule has 182 valence electrons. The topological polar surface area (TPSA) is 102 Å². The molecule has 0 aliphatic carbocycles. The molecule has 4 aromatic rings. The summed E-state index contributed by atoms with van der Waals surface area (Å²) in [5, 5.41) is 3.66. The number of amides is 2. The summed E-state index contributed by atoms with van der Waals surface area (Å²) in [5.74, 6) is -0.567. The molecule has 0 unspecified atom stereocenters. The standard InChI is InChI=1S/C26H27N3O5S/c1-3-28(4-2)25(30)17-29-15-14-19-16-20(10-12-23(19)29)27-26(31)24-13-11-21(34-24)18-35(32,33)22-8-6-5-7-9-22/h5-16H,3-4,17-18H2,1-2H3,(H,27,31). The molecule has 0 atom stereocenters. The lowest BCUT2D eigenvalue weighted by Crippen LogP contribution is -2.33. The van der Waals surface area contributed by atoms with E-state index in [-0.39, 0.29) is 34.6 Å². The van der Waals surface area contributed by atoms with E-state index in [9.17, 15) is 18.0 Å². The van der Waals surface area contributed by atoms with Crippen LogP contribution in [0.3, 0.4) is 0 Å². The van der Waals surface area contributed by atoms with Gasteiger partial charge in [-0.25, -0.2) is 8.42 Å². The zero-order chi connectivity index (χ0) is 25.0. The van der Waals surface area contributed by atoms with Crippen molar-refractivity contribution in [3.8, 4) is 0 Å². The summed E-state index contributed by atoms with van der Waals surface area (Å²) in [5.41, 5.74) is 1.44. The number of sulfone groups is 1. The number of anilines is 1. The summed E-state index contributed by atoms with van der Waals surface area (Å²) in [4.78, 5) is 27.1. The van der Waals surface area contributed by atoms with Gasteiger partial charge in [-0.1, -0.05) is 18.2 Å². The number of furan rings is 1. The summed E-state index contributed by atoms with van der Waals surface area (Å²) in [6.07, 6.45) is 1.85. The van der Waals surface area contributed by atoms with Gasteiger partial charge in [-0.3, -0.25) is 9.59 Å². The Hall–Kier alpha value is -3.85. The SMILES string of the molecule is CCN(CC)C(=O)Cn1ccc2cc(NC(=O)c3ccc(CS(=O)(=O)c4ccccc4)o3)ccc21. The Morgan fingerprint density at radius 3 is 2.43 bits per heavy atom. The highest BCUT2D eigenvalue weighted by molar-refractivity contribution is 7.90. The van der Waals surface area contributed by atoms with Crippen molar-refractivity contribution >= 4 is 38.2 Å². The number of likely N-dealkylation sites (N-methyl/N-ethyl adjacent to an activating group) is 1. The first-order valence-electron chi connectivity index (χ1n) is 11.3. The molecular weight excluding hydrogens is 466 g/mol. The van der Waals surface area contributed by atoms with Crippen molar-refractivity contribution < 1.29 is 22.4 Å². The van der Waals surface area contributed by atoms with Gasteiger partial charge in [-0.05, 0) is 62.4 Å². The maximum atomic E-state index is 12.7. The number of aromatic nitrogens is 1. The quantitative estimate of drug-likeness (QED) is 0.374. The minimum atomic E-state index is -3.58. The predicted molar refractivity (Wildman–Crippen MR) is 134 cm³/mol. The second-order valence-electron chi connectivity index (χ2n) is 8.08. The fraction of sp³-hybridized carbons (Fsp3) is 0.231. The molecule has 4 rings (SSSR count). The van der Waals surface area contributed by atoms with E-state index in [4.69, 9.17) is 4.42 Å². The molecule has 8 nitrogen and oxygen atoms in total. The lowest BCUT2D eigenvalue weighted by Gasteiger charge is -2.19. The zero-order valence-electron chi connectivity index (χ0n) is 19.6. The van der Waals surface area contributed by atoms with Crippen LogP contribution in [0.1, 0.15) is 30.2 Å². The average molecular weight is 494 g/mol. The van der Waals surface area contributed by atoms with E-state index in [0.717, 1.165) is 10.9 Å². The lowest BCUT2D eigenvalue weighted by molar-refractivity contribution is -0.131. The first-order valence-corrected chi connectivity index (χ1v) is 13.0. The predicted octanol–water partition coefficient (Wildman–Crippen LogP) is 4.33. The van der Waals surface area contributed by atoms with E-state index in [1.165, 1.54) is 24.3 Å². The Morgan fingerprint density at radius 1 is 0.971 bits per heavy atom. The second-order valence-corrected chi connectivity index (χ2v) is 10.1. The fourth-order valence-corrected chi connectivity index (χ4v) is 5.17. The molecule has 0 spiro atoms. The average Bonchev–Trinajstić information content (AvgIpc) is 3.47. The Kier molecular flexibility index (Phi) is 7.07. The maximum absolute atomic E-state index is 12.7. The van der Waals surface area contributed by atoms with Gasteiger partial charge in [0.15, 0.2) is 15.6 Å². The second kappa shape index (κ2) is 10.2. The van der Waals surface area contributed by atoms with Crippen LogP contribution < -0.4 is 5.32 Å². The largest absolute Gasteiger partial charge is 0.455 e. The number of nitrogens with one attached hydrogen (secondary N) is 1. The maximum Gasteiger partial charge on any atom is 0.291 e. The number of nitrogens with zero attached hydrogens (tertiary/aromatic N) is 2. The molecule has 0 bridgehead atoms. The van der Waals surface area contributed by atoms with Crippen molar-refractivity contribution in [3.05, 3.63) is 84.4 Å². The van der Waals surface area contributed by atoms with E-state index in [2.05, 4.69) is 5.32 Å². The van der Waals surface area contributed by atoms with Gasteiger partial charge in [0.1, 0.15) is 18.1 Å². The van der Waals surface area contributed by atoms with E-state index < -0.39 is 15.7 Å². The number of carbonyl (C=O) groups excluding carboxylic acids is 2. The van der Waals surface area contributed by atoms with Crippen LogP contribution in [-0.2, 0) is 26.9 Å².